The smallest absolute Gasteiger partial charge is 0.259 e. The number of aromatic amines is 2. The lowest BCUT2D eigenvalue weighted by molar-refractivity contribution is 0.630. The predicted octanol–water partition coefficient (Wildman–Crippen LogP) is 3.82. The number of benzene rings is 1. The molecule has 2 N–H and O–H groups in total. The minimum atomic E-state index is -0.361. The van der Waals surface area contributed by atoms with Gasteiger partial charge in [0.05, 0.1) is 16.7 Å². The maximum absolute atomic E-state index is 13.8. The Morgan fingerprint density at radius 2 is 2.04 bits per heavy atom. The van der Waals surface area contributed by atoms with Crippen LogP contribution in [-0.4, -0.2) is 25.1 Å². The first-order chi connectivity index (χ1) is 12.5. The van der Waals surface area contributed by atoms with E-state index >= 15 is 0 Å². The number of rotatable bonds is 4. The molecule has 0 atom stereocenters. The summed E-state index contributed by atoms with van der Waals surface area (Å²) in [4.78, 5) is 25.8. The van der Waals surface area contributed by atoms with E-state index in [0.29, 0.717) is 33.5 Å². The van der Waals surface area contributed by atoms with Gasteiger partial charge >= 0.3 is 0 Å². The van der Waals surface area contributed by atoms with Crippen LogP contribution in [0.25, 0.3) is 21.6 Å². The molecule has 0 unspecified atom stereocenters. The molecular formula is C17H14FN5OS2. The fourth-order valence-corrected chi connectivity index (χ4v) is 4.30. The van der Waals surface area contributed by atoms with Gasteiger partial charge in [-0.3, -0.25) is 9.89 Å². The number of nitrogens with zero attached hydrogens (tertiary/aromatic N) is 3. The van der Waals surface area contributed by atoms with Crippen molar-refractivity contribution < 1.29 is 4.39 Å². The van der Waals surface area contributed by atoms with Gasteiger partial charge in [0.15, 0.2) is 5.82 Å². The van der Waals surface area contributed by atoms with E-state index in [9.17, 15) is 9.18 Å². The van der Waals surface area contributed by atoms with Gasteiger partial charge in [0.25, 0.3) is 5.56 Å². The highest BCUT2D eigenvalue weighted by molar-refractivity contribution is 7.98. The Morgan fingerprint density at radius 1 is 1.23 bits per heavy atom. The number of hydrogen-bond donors (Lipinski definition) is 2. The molecule has 0 aliphatic carbocycles. The molecule has 0 aliphatic rings. The van der Waals surface area contributed by atoms with Gasteiger partial charge in [0.1, 0.15) is 16.5 Å². The second-order valence-electron chi connectivity index (χ2n) is 5.71. The summed E-state index contributed by atoms with van der Waals surface area (Å²) in [7, 11) is 0. The summed E-state index contributed by atoms with van der Waals surface area (Å²) in [5, 5.41) is 7.95. The van der Waals surface area contributed by atoms with Crippen LogP contribution in [0.4, 0.5) is 4.39 Å². The highest BCUT2D eigenvalue weighted by Crippen LogP contribution is 2.27. The van der Waals surface area contributed by atoms with Gasteiger partial charge in [-0.05, 0) is 31.5 Å². The zero-order chi connectivity index (χ0) is 18.3. The van der Waals surface area contributed by atoms with Crippen LogP contribution in [-0.2, 0) is 5.75 Å². The monoisotopic (exact) mass is 387 g/mol. The number of thioether (sulfide) groups is 1. The van der Waals surface area contributed by atoms with Crippen molar-refractivity contribution in [3.63, 3.8) is 0 Å². The SMILES string of the molecule is Cc1sc2nc(CSc3n[nH]c(-c4ccccc4F)n3)[nH]c(=O)c2c1C. The summed E-state index contributed by atoms with van der Waals surface area (Å²) in [6.45, 7) is 3.91. The fraction of sp³-hybridized carbons (Fsp3) is 0.176. The highest BCUT2D eigenvalue weighted by atomic mass is 32.2. The van der Waals surface area contributed by atoms with Crippen LogP contribution in [0.2, 0.25) is 0 Å². The van der Waals surface area contributed by atoms with E-state index in [2.05, 4.69) is 25.1 Å². The van der Waals surface area contributed by atoms with Crippen molar-refractivity contribution in [2.45, 2.75) is 24.8 Å². The molecule has 0 aliphatic heterocycles. The molecule has 1 aromatic carbocycles. The Balaban J connectivity index is 1.56. The number of hydrogen-bond acceptors (Lipinski definition) is 6. The van der Waals surface area contributed by atoms with Gasteiger partial charge in [0, 0.05) is 4.88 Å². The van der Waals surface area contributed by atoms with E-state index in [1.807, 2.05) is 13.8 Å². The number of H-pyrrole nitrogens is 2. The van der Waals surface area contributed by atoms with Crippen LogP contribution >= 0.6 is 23.1 Å². The standard InChI is InChI=1S/C17H14FN5OS2/c1-8-9(2)26-16-13(8)15(24)19-12(20-16)7-25-17-21-14(22-23-17)10-5-3-4-6-11(10)18/h3-6H,7H2,1-2H3,(H,19,20,24)(H,21,22,23). The Bertz CT molecular complexity index is 1160. The third kappa shape index (κ3) is 3.04. The predicted molar refractivity (Wildman–Crippen MR) is 101 cm³/mol. The second-order valence-corrected chi connectivity index (χ2v) is 7.86. The highest BCUT2D eigenvalue weighted by Gasteiger charge is 2.14. The minimum absolute atomic E-state index is 0.130. The maximum atomic E-state index is 13.8. The largest absolute Gasteiger partial charge is 0.309 e. The van der Waals surface area contributed by atoms with Crippen molar-refractivity contribution in [3.8, 4) is 11.4 Å². The third-order valence-electron chi connectivity index (χ3n) is 4.02. The van der Waals surface area contributed by atoms with Crippen LogP contribution < -0.4 is 5.56 Å². The maximum Gasteiger partial charge on any atom is 0.259 e. The van der Waals surface area contributed by atoms with E-state index in [0.717, 1.165) is 15.3 Å². The van der Waals surface area contributed by atoms with Gasteiger partial charge < -0.3 is 4.98 Å². The van der Waals surface area contributed by atoms with Gasteiger partial charge in [-0.15, -0.1) is 16.4 Å². The lowest BCUT2D eigenvalue weighted by atomic mass is 10.2. The Morgan fingerprint density at radius 3 is 2.85 bits per heavy atom. The molecule has 0 radical (unpaired) electrons. The zero-order valence-corrected chi connectivity index (χ0v) is 15.6. The molecule has 0 saturated heterocycles. The van der Waals surface area contributed by atoms with E-state index in [1.54, 1.807) is 18.2 Å². The average molecular weight is 387 g/mol. The van der Waals surface area contributed by atoms with Gasteiger partial charge in [0.2, 0.25) is 5.16 Å². The number of aromatic nitrogens is 5. The normalized spacial score (nSPS) is 11.3. The molecule has 0 spiro atoms. The summed E-state index contributed by atoms with van der Waals surface area (Å²) in [6, 6.07) is 6.37. The number of halogens is 1. The van der Waals surface area contributed by atoms with Crippen molar-refractivity contribution in [2.24, 2.45) is 0 Å². The van der Waals surface area contributed by atoms with Gasteiger partial charge in [-0.2, -0.15) is 0 Å². The first-order valence-electron chi connectivity index (χ1n) is 7.82. The quantitative estimate of drug-likeness (QED) is 0.520. The summed E-state index contributed by atoms with van der Waals surface area (Å²) in [6.07, 6.45) is 0. The Labute approximate surface area is 155 Å². The molecule has 132 valence electrons. The summed E-state index contributed by atoms with van der Waals surface area (Å²) >= 11 is 2.83. The molecule has 0 bridgehead atoms. The fourth-order valence-electron chi connectivity index (χ4n) is 2.59. The van der Waals surface area contributed by atoms with Crippen molar-refractivity contribution in [1.29, 1.82) is 0 Å². The van der Waals surface area contributed by atoms with Crippen LogP contribution in [0.5, 0.6) is 0 Å². The number of thiophene rings is 1. The molecule has 0 amide bonds. The Hall–Kier alpha value is -2.52. The second kappa shape index (κ2) is 6.65. The minimum Gasteiger partial charge on any atom is -0.309 e. The molecule has 4 aromatic rings. The average Bonchev–Trinajstić information content (AvgIpc) is 3.19. The van der Waals surface area contributed by atoms with Crippen LogP contribution in [0.3, 0.4) is 0 Å². The molecule has 6 nitrogen and oxygen atoms in total. The third-order valence-corrected chi connectivity index (χ3v) is 5.98. The Kier molecular flexibility index (Phi) is 4.33. The van der Waals surface area contributed by atoms with E-state index < -0.39 is 0 Å². The molecule has 0 fully saturated rings. The molecule has 9 heteroatoms. The van der Waals surface area contributed by atoms with Crippen molar-refractivity contribution in [3.05, 3.63) is 56.7 Å². The molecule has 3 aromatic heterocycles. The number of fused-ring (bicyclic) bond motifs is 1. The zero-order valence-electron chi connectivity index (χ0n) is 14.0. The van der Waals surface area contributed by atoms with Crippen molar-refractivity contribution in [1.82, 2.24) is 25.1 Å². The van der Waals surface area contributed by atoms with Gasteiger partial charge in [-0.1, -0.05) is 23.9 Å². The summed E-state index contributed by atoms with van der Waals surface area (Å²) in [5.74, 6) is 0.980. The number of aryl methyl sites for hydroxylation is 2. The molecule has 0 saturated carbocycles. The van der Waals surface area contributed by atoms with Crippen molar-refractivity contribution >= 4 is 33.3 Å². The van der Waals surface area contributed by atoms with E-state index in [1.165, 1.54) is 29.2 Å². The summed E-state index contributed by atoms with van der Waals surface area (Å²) < 4.78 is 13.8. The van der Waals surface area contributed by atoms with E-state index in [4.69, 9.17) is 0 Å². The first-order valence-corrected chi connectivity index (χ1v) is 9.62. The van der Waals surface area contributed by atoms with Crippen LogP contribution in [0.1, 0.15) is 16.3 Å². The molecule has 26 heavy (non-hydrogen) atoms. The molecule has 4 rings (SSSR count). The molecule has 3 heterocycles. The lowest BCUT2D eigenvalue weighted by Gasteiger charge is -1.99. The number of nitrogens with one attached hydrogen (secondary N) is 2. The van der Waals surface area contributed by atoms with Gasteiger partial charge in [-0.25, -0.2) is 14.4 Å². The molecular weight excluding hydrogens is 373 g/mol. The lowest BCUT2D eigenvalue weighted by Crippen LogP contribution is -2.10. The summed E-state index contributed by atoms with van der Waals surface area (Å²) in [5.41, 5.74) is 1.21. The van der Waals surface area contributed by atoms with E-state index in [-0.39, 0.29) is 11.4 Å². The van der Waals surface area contributed by atoms with Crippen LogP contribution in [0.15, 0.2) is 34.2 Å². The topological polar surface area (TPSA) is 87.3 Å². The first kappa shape index (κ1) is 16.9. The van der Waals surface area contributed by atoms with Crippen molar-refractivity contribution in [2.75, 3.05) is 0 Å². The van der Waals surface area contributed by atoms with Crippen LogP contribution in [0, 0.1) is 19.7 Å².